The number of rotatable bonds is 8. The van der Waals surface area contributed by atoms with E-state index in [4.69, 9.17) is 0 Å². The molecule has 0 spiro atoms. The molecule has 0 aromatic heterocycles. The number of hydrogen-bond acceptors (Lipinski definition) is 3. The molecule has 0 amide bonds. The molecule has 3 heteroatoms. The van der Waals surface area contributed by atoms with Gasteiger partial charge in [-0.1, -0.05) is 39.0 Å². The molecule has 0 fully saturated rings. The van der Waals surface area contributed by atoms with Crippen LogP contribution in [-0.4, -0.2) is 44.2 Å². The van der Waals surface area contributed by atoms with Crippen molar-refractivity contribution >= 4 is 5.69 Å². The van der Waals surface area contributed by atoms with E-state index in [1.807, 2.05) is 0 Å². The molecule has 1 atom stereocenters. The van der Waals surface area contributed by atoms with E-state index >= 15 is 0 Å². The lowest BCUT2D eigenvalue weighted by Crippen LogP contribution is -2.40. The number of anilines is 1. The summed E-state index contributed by atoms with van der Waals surface area (Å²) in [6.45, 7) is 13.6. The van der Waals surface area contributed by atoms with E-state index in [0.717, 1.165) is 32.7 Å². The summed E-state index contributed by atoms with van der Waals surface area (Å²) in [5.41, 5.74) is 2.92. The molecule has 3 nitrogen and oxygen atoms in total. The lowest BCUT2D eigenvalue weighted by Gasteiger charge is -2.37. The van der Waals surface area contributed by atoms with Gasteiger partial charge in [-0.25, -0.2) is 0 Å². The summed E-state index contributed by atoms with van der Waals surface area (Å²) in [4.78, 5) is 5.07. The largest absolute Gasteiger partial charge is 0.370 e. The molecule has 118 valence electrons. The highest BCUT2D eigenvalue weighted by Gasteiger charge is 2.24. The molecule has 1 aromatic rings. The number of likely N-dealkylation sites (N-methyl/N-ethyl adjacent to an activating group) is 1. The van der Waals surface area contributed by atoms with E-state index in [0.29, 0.717) is 6.04 Å². The van der Waals surface area contributed by atoms with Gasteiger partial charge in [-0.15, -0.1) is 0 Å². The van der Waals surface area contributed by atoms with Crippen LogP contribution in [0.25, 0.3) is 0 Å². The van der Waals surface area contributed by atoms with E-state index in [-0.39, 0.29) is 0 Å². The molecule has 1 heterocycles. The van der Waals surface area contributed by atoms with Crippen LogP contribution in [0.5, 0.6) is 0 Å². The van der Waals surface area contributed by atoms with Crippen LogP contribution in [0.1, 0.15) is 45.2 Å². The predicted molar refractivity (Wildman–Crippen MR) is 92.1 cm³/mol. The van der Waals surface area contributed by atoms with Crippen molar-refractivity contribution in [1.82, 2.24) is 10.2 Å². The predicted octanol–water partition coefficient (Wildman–Crippen LogP) is 3.28. The number of nitrogens with zero attached hydrogens (tertiary/aromatic N) is 2. The molecule has 1 aliphatic heterocycles. The molecule has 1 unspecified atom stereocenters. The molecule has 1 aromatic carbocycles. The molecule has 0 radical (unpaired) electrons. The average Bonchev–Trinajstić information content (AvgIpc) is 2.54. The molecular formula is C18H31N3. The molecule has 0 aliphatic carbocycles. The number of benzene rings is 1. The second-order valence-corrected chi connectivity index (χ2v) is 5.87. The van der Waals surface area contributed by atoms with Crippen LogP contribution < -0.4 is 10.2 Å². The Labute approximate surface area is 130 Å². The number of hydrogen-bond donors (Lipinski definition) is 1. The fourth-order valence-corrected chi connectivity index (χ4v) is 3.20. The molecular weight excluding hydrogens is 258 g/mol. The lowest BCUT2D eigenvalue weighted by atomic mass is 9.96. The average molecular weight is 289 g/mol. The van der Waals surface area contributed by atoms with Crippen LogP contribution in [-0.2, 0) is 0 Å². The van der Waals surface area contributed by atoms with Gasteiger partial charge in [0, 0.05) is 31.4 Å². The highest BCUT2D eigenvalue weighted by atomic mass is 15.2. The Balaban J connectivity index is 2.04. The zero-order chi connectivity index (χ0) is 15.1. The van der Waals surface area contributed by atoms with Gasteiger partial charge in [-0.2, -0.15) is 0 Å². The first kappa shape index (κ1) is 16.3. The maximum Gasteiger partial charge on any atom is 0.0415 e. The van der Waals surface area contributed by atoms with E-state index in [1.165, 1.54) is 30.6 Å². The van der Waals surface area contributed by atoms with Crippen molar-refractivity contribution in [1.29, 1.82) is 0 Å². The van der Waals surface area contributed by atoms with E-state index in [2.05, 4.69) is 60.2 Å². The zero-order valence-corrected chi connectivity index (χ0v) is 13.9. The Morgan fingerprint density at radius 3 is 2.67 bits per heavy atom. The standard InChI is InChI=1S/C18H31N3/c1-4-12-19-17-11-13-21(15-14-20(5-2)6-3)18-10-8-7-9-16(17)18/h7-10,17,19H,4-6,11-15H2,1-3H3. The summed E-state index contributed by atoms with van der Waals surface area (Å²) >= 11 is 0. The topological polar surface area (TPSA) is 18.5 Å². The van der Waals surface area contributed by atoms with Gasteiger partial charge in [0.25, 0.3) is 0 Å². The van der Waals surface area contributed by atoms with Crippen molar-refractivity contribution in [3.05, 3.63) is 29.8 Å². The van der Waals surface area contributed by atoms with Gasteiger partial charge >= 0.3 is 0 Å². The van der Waals surface area contributed by atoms with Gasteiger partial charge in [-0.3, -0.25) is 0 Å². The maximum atomic E-state index is 3.70. The molecule has 2 rings (SSSR count). The summed E-state index contributed by atoms with van der Waals surface area (Å²) in [6.07, 6.45) is 2.42. The van der Waals surface area contributed by atoms with Crippen LogP contribution in [0, 0.1) is 0 Å². The number of para-hydroxylation sites is 1. The number of nitrogens with one attached hydrogen (secondary N) is 1. The third-order valence-electron chi connectivity index (χ3n) is 4.56. The Morgan fingerprint density at radius 1 is 1.19 bits per heavy atom. The van der Waals surface area contributed by atoms with Crippen molar-refractivity contribution in [2.45, 2.75) is 39.7 Å². The van der Waals surface area contributed by atoms with Crippen LogP contribution >= 0.6 is 0 Å². The summed E-state index contributed by atoms with van der Waals surface area (Å²) < 4.78 is 0. The van der Waals surface area contributed by atoms with Crippen molar-refractivity contribution in [2.75, 3.05) is 44.2 Å². The first-order chi connectivity index (χ1) is 10.3. The minimum Gasteiger partial charge on any atom is -0.370 e. The van der Waals surface area contributed by atoms with E-state index < -0.39 is 0 Å². The van der Waals surface area contributed by atoms with Gasteiger partial charge in [0.1, 0.15) is 0 Å². The Hall–Kier alpha value is -1.06. The van der Waals surface area contributed by atoms with Crippen molar-refractivity contribution in [3.63, 3.8) is 0 Å². The third-order valence-corrected chi connectivity index (χ3v) is 4.56. The number of fused-ring (bicyclic) bond motifs is 1. The van der Waals surface area contributed by atoms with Gasteiger partial charge in [0.15, 0.2) is 0 Å². The molecule has 0 saturated heterocycles. The van der Waals surface area contributed by atoms with Crippen molar-refractivity contribution in [3.8, 4) is 0 Å². The van der Waals surface area contributed by atoms with E-state index in [9.17, 15) is 0 Å². The first-order valence-electron chi connectivity index (χ1n) is 8.59. The quantitative estimate of drug-likeness (QED) is 0.792. The highest BCUT2D eigenvalue weighted by Crippen LogP contribution is 2.33. The van der Waals surface area contributed by atoms with Gasteiger partial charge in [0.05, 0.1) is 0 Å². The lowest BCUT2D eigenvalue weighted by molar-refractivity contribution is 0.307. The van der Waals surface area contributed by atoms with Crippen LogP contribution in [0.3, 0.4) is 0 Å². The minimum absolute atomic E-state index is 0.533. The third kappa shape index (κ3) is 4.21. The second kappa shape index (κ2) is 8.40. The molecule has 0 saturated carbocycles. The normalized spacial score (nSPS) is 18.1. The summed E-state index contributed by atoms with van der Waals surface area (Å²) in [7, 11) is 0. The van der Waals surface area contributed by atoms with Crippen LogP contribution in [0.2, 0.25) is 0 Å². The first-order valence-corrected chi connectivity index (χ1v) is 8.59. The minimum atomic E-state index is 0.533. The monoisotopic (exact) mass is 289 g/mol. The van der Waals surface area contributed by atoms with Crippen molar-refractivity contribution in [2.24, 2.45) is 0 Å². The fraction of sp³-hybridized carbons (Fsp3) is 0.667. The van der Waals surface area contributed by atoms with E-state index in [1.54, 1.807) is 0 Å². The Kier molecular flexibility index (Phi) is 6.52. The highest BCUT2D eigenvalue weighted by molar-refractivity contribution is 5.57. The summed E-state index contributed by atoms with van der Waals surface area (Å²) in [5, 5.41) is 3.70. The second-order valence-electron chi connectivity index (χ2n) is 5.87. The Morgan fingerprint density at radius 2 is 1.95 bits per heavy atom. The molecule has 21 heavy (non-hydrogen) atoms. The van der Waals surface area contributed by atoms with Gasteiger partial charge in [-0.05, 0) is 44.1 Å². The smallest absolute Gasteiger partial charge is 0.0415 e. The van der Waals surface area contributed by atoms with Crippen LogP contribution in [0.4, 0.5) is 5.69 Å². The summed E-state index contributed by atoms with van der Waals surface area (Å²) in [5.74, 6) is 0. The zero-order valence-electron chi connectivity index (χ0n) is 13.9. The SMILES string of the molecule is CCCNC1CCN(CCN(CC)CC)c2ccccc21. The summed E-state index contributed by atoms with van der Waals surface area (Å²) in [6, 6.07) is 9.47. The molecule has 1 N–H and O–H groups in total. The molecule has 0 bridgehead atoms. The van der Waals surface area contributed by atoms with Gasteiger partial charge in [0.2, 0.25) is 0 Å². The maximum absolute atomic E-state index is 3.70. The molecule has 1 aliphatic rings. The van der Waals surface area contributed by atoms with Crippen LogP contribution in [0.15, 0.2) is 24.3 Å². The Bertz CT molecular complexity index is 415. The fourth-order valence-electron chi connectivity index (χ4n) is 3.20. The van der Waals surface area contributed by atoms with Gasteiger partial charge < -0.3 is 15.1 Å². The van der Waals surface area contributed by atoms with Crippen molar-refractivity contribution < 1.29 is 0 Å².